The summed E-state index contributed by atoms with van der Waals surface area (Å²) < 4.78 is 0.861. The molecule has 0 bridgehead atoms. The number of amides is 2. The number of aromatic nitrogens is 2. The van der Waals surface area contributed by atoms with Crippen LogP contribution in [0.2, 0.25) is 0 Å². The minimum absolute atomic E-state index is 0.287. The van der Waals surface area contributed by atoms with E-state index in [4.69, 9.17) is 0 Å². The maximum Gasteiger partial charge on any atom is 0.262 e. The van der Waals surface area contributed by atoms with E-state index in [-0.39, 0.29) is 11.8 Å². The Kier molecular flexibility index (Phi) is 5.39. The van der Waals surface area contributed by atoms with Crippen LogP contribution in [0, 0.1) is 0 Å². The summed E-state index contributed by atoms with van der Waals surface area (Å²) in [6, 6.07) is 4.75. The van der Waals surface area contributed by atoms with Crippen LogP contribution in [0.3, 0.4) is 0 Å². The molecule has 3 aromatic heterocycles. The first-order chi connectivity index (χ1) is 11.5. The third-order valence-corrected chi connectivity index (χ3v) is 6.15. The van der Waals surface area contributed by atoms with E-state index in [0.29, 0.717) is 10.0 Å². The zero-order valence-corrected chi connectivity index (χ0v) is 16.3. The average Bonchev–Trinajstić information content (AvgIpc) is 3.27. The Morgan fingerprint density at radius 1 is 1.21 bits per heavy atom. The van der Waals surface area contributed by atoms with Gasteiger partial charge in [0.25, 0.3) is 5.91 Å². The molecule has 0 saturated carbocycles. The van der Waals surface area contributed by atoms with Gasteiger partial charge >= 0.3 is 0 Å². The quantitative estimate of drug-likeness (QED) is 0.628. The summed E-state index contributed by atoms with van der Waals surface area (Å²) in [5, 5.41) is 18.4. The summed E-state index contributed by atoms with van der Waals surface area (Å²) in [6.45, 7) is 1.62. The predicted octanol–water partition coefficient (Wildman–Crippen LogP) is 3.85. The highest BCUT2D eigenvalue weighted by atomic mass is 79.9. The number of thiophene rings is 2. The van der Waals surface area contributed by atoms with Crippen molar-refractivity contribution in [3.8, 4) is 10.6 Å². The van der Waals surface area contributed by atoms with E-state index >= 15 is 0 Å². The molecule has 0 spiro atoms. The van der Waals surface area contributed by atoms with E-state index < -0.39 is 6.04 Å². The Morgan fingerprint density at radius 2 is 2.04 bits per heavy atom. The van der Waals surface area contributed by atoms with E-state index in [1.54, 1.807) is 30.4 Å². The van der Waals surface area contributed by atoms with Gasteiger partial charge in [0.2, 0.25) is 11.0 Å². The van der Waals surface area contributed by atoms with Gasteiger partial charge in [-0.1, -0.05) is 11.3 Å². The van der Waals surface area contributed by atoms with Gasteiger partial charge in [-0.05, 0) is 46.4 Å². The molecule has 10 heteroatoms. The highest BCUT2D eigenvalue weighted by Crippen LogP contribution is 2.28. The second-order valence-corrected chi connectivity index (χ2v) is 8.93. The summed E-state index contributed by atoms with van der Waals surface area (Å²) in [7, 11) is 0. The number of carbonyl (C=O) groups excluding carboxylic acids is 2. The Morgan fingerprint density at radius 3 is 2.71 bits per heavy atom. The van der Waals surface area contributed by atoms with Gasteiger partial charge in [-0.2, -0.15) is 11.3 Å². The fraction of sp³-hybridized carbons (Fsp3) is 0.143. The predicted molar refractivity (Wildman–Crippen MR) is 101 cm³/mol. The number of halogens is 1. The summed E-state index contributed by atoms with van der Waals surface area (Å²) in [6.07, 6.45) is 0. The van der Waals surface area contributed by atoms with Gasteiger partial charge in [-0.3, -0.25) is 14.9 Å². The number of hydrogen-bond acceptors (Lipinski definition) is 7. The SMILES string of the molecule is CC(NC(=O)c1ccc(Br)s1)C(=O)Nc1nnc(-c2ccsc2)s1. The fourth-order valence-electron chi connectivity index (χ4n) is 1.76. The van der Waals surface area contributed by atoms with E-state index in [1.807, 2.05) is 16.8 Å². The smallest absolute Gasteiger partial charge is 0.262 e. The van der Waals surface area contributed by atoms with Crippen molar-refractivity contribution in [3.63, 3.8) is 0 Å². The van der Waals surface area contributed by atoms with Gasteiger partial charge in [0, 0.05) is 10.9 Å². The molecule has 1 atom stereocenters. The van der Waals surface area contributed by atoms with Gasteiger partial charge in [-0.15, -0.1) is 21.5 Å². The molecular formula is C14H11BrN4O2S3. The third-order valence-electron chi connectivity index (χ3n) is 2.96. The zero-order chi connectivity index (χ0) is 17.1. The van der Waals surface area contributed by atoms with Crippen molar-refractivity contribution in [2.24, 2.45) is 0 Å². The molecule has 0 aromatic carbocycles. The Hall–Kier alpha value is -1.62. The van der Waals surface area contributed by atoms with Crippen LogP contribution in [-0.2, 0) is 4.79 Å². The van der Waals surface area contributed by atoms with Crippen molar-refractivity contribution in [2.75, 3.05) is 5.32 Å². The molecule has 0 aliphatic heterocycles. The lowest BCUT2D eigenvalue weighted by molar-refractivity contribution is -0.117. The normalized spacial score (nSPS) is 11.9. The van der Waals surface area contributed by atoms with Crippen molar-refractivity contribution in [1.82, 2.24) is 15.5 Å². The van der Waals surface area contributed by atoms with Crippen LogP contribution < -0.4 is 10.6 Å². The molecule has 3 aromatic rings. The van der Waals surface area contributed by atoms with Gasteiger partial charge in [-0.25, -0.2) is 0 Å². The summed E-state index contributed by atoms with van der Waals surface area (Å²) in [5.74, 6) is -0.628. The number of nitrogens with one attached hydrogen (secondary N) is 2. The monoisotopic (exact) mass is 442 g/mol. The van der Waals surface area contributed by atoms with Crippen LogP contribution in [0.25, 0.3) is 10.6 Å². The van der Waals surface area contributed by atoms with E-state index in [2.05, 4.69) is 36.8 Å². The van der Waals surface area contributed by atoms with Crippen LogP contribution in [0.15, 0.2) is 32.7 Å². The van der Waals surface area contributed by atoms with Crippen LogP contribution >= 0.6 is 49.9 Å². The largest absolute Gasteiger partial charge is 0.340 e. The molecule has 0 aliphatic carbocycles. The second kappa shape index (κ2) is 7.51. The Labute approximate surface area is 158 Å². The molecule has 3 rings (SSSR count). The third kappa shape index (κ3) is 4.07. The van der Waals surface area contributed by atoms with Crippen molar-refractivity contribution in [2.45, 2.75) is 13.0 Å². The molecule has 6 nitrogen and oxygen atoms in total. The Bertz CT molecular complexity index is 859. The Balaban J connectivity index is 1.59. The number of anilines is 1. The highest BCUT2D eigenvalue weighted by molar-refractivity contribution is 9.11. The second-order valence-electron chi connectivity index (χ2n) is 4.71. The molecular weight excluding hydrogens is 432 g/mol. The van der Waals surface area contributed by atoms with Crippen molar-refractivity contribution in [3.05, 3.63) is 37.6 Å². The number of carbonyl (C=O) groups is 2. The van der Waals surface area contributed by atoms with Crippen molar-refractivity contribution in [1.29, 1.82) is 0 Å². The molecule has 2 N–H and O–H groups in total. The lowest BCUT2D eigenvalue weighted by Gasteiger charge is -2.11. The lowest BCUT2D eigenvalue weighted by Crippen LogP contribution is -2.41. The molecule has 0 radical (unpaired) electrons. The molecule has 3 heterocycles. The maximum absolute atomic E-state index is 12.2. The van der Waals surface area contributed by atoms with Crippen LogP contribution in [-0.4, -0.2) is 28.1 Å². The van der Waals surface area contributed by atoms with Gasteiger partial charge in [0.15, 0.2) is 0 Å². The summed E-state index contributed by atoms with van der Waals surface area (Å²) >= 11 is 7.47. The molecule has 24 heavy (non-hydrogen) atoms. The number of hydrogen-bond donors (Lipinski definition) is 2. The van der Waals surface area contributed by atoms with E-state index in [9.17, 15) is 9.59 Å². The zero-order valence-electron chi connectivity index (χ0n) is 12.3. The summed E-state index contributed by atoms with van der Waals surface area (Å²) in [5.41, 5.74) is 0.975. The first kappa shape index (κ1) is 17.2. The molecule has 1 unspecified atom stereocenters. The fourth-order valence-corrected chi connectivity index (χ4v) is 4.51. The standard InChI is InChI=1S/C14H11BrN4O2S3/c1-7(16-12(21)9-2-3-10(15)23-9)11(20)17-14-19-18-13(24-14)8-4-5-22-6-8/h2-7H,1H3,(H,16,21)(H,17,19,20). The minimum atomic E-state index is -0.688. The molecule has 2 amide bonds. The average molecular weight is 443 g/mol. The first-order valence-electron chi connectivity index (χ1n) is 6.76. The molecule has 0 saturated heterocycles. The van der Waals surface area contributed by atoms with Gasteiger partial charge in [0.1, 0.15) is 11.0 Å². The van der Waals surface area contributed by atoms with Crippen LogP contribution in [0.5, 0.6) is 0 Å². The lowest BCUT2D eigenvalue weighted by atomic mass is 10.3. The topological polar surface area (TPSA) is 84.0 Å². The van der Waals surface area contributed by atoms with Crippen LogP contribution in [0.1, 0.15) is 16.6 Å². The number of rotatable bonds is 5. The molecule has 124 valence electrons. The van der Waals surface area contributed by atoms with Crippen molar-refractivity contribution >= 4 is 66.9 Å². The first-order valence-corrected chi connectivity index (χ1v) is 10.1. The van der Waals surface area contributed by atoms with E-state index in [0.717, 1.165) is 14.4 Å². The van der Waals surface area contributed by atoms with Crippen molar-refractivity contribution < 1.29 is 9.59 Å². The van der Waals surface area contributed by atoms with E-state index in [1.165, 1.54) is 22.7 Å². The maximum atomic E-state index is 12.2. The van der Waals surface area contributed by atoms with Gasteiger partial charge in [0.05, 0.1) is 8.66 Å². The molecule has 0 aliphatic rings. The number of nitrogens with zero attached hydrogens (tertiary/aromatic N) is 2. The highest BCUT2D eigenvalue weighted by Gasteiger charge is 2.19. The van der Waals surface area contributed by atoms with Gasteiger partial charge < -0.3 is 5.32 Å². The minimum Gasteiger partial charge on any atom is -0.340 e. The van der Waals surface area contributed by atoms with Crippen LogP contribution in [0.4, 0.5) is 5.13 Å². The summed E-state index contributed by atoms with van der Waals surface area (Å²) in [4.78, 5) is 24.8. The molecule has 0 fully saturated rings.